The summed E-state index contributed by atoms with van der Waals surface area (Å²) in [7, 11) is 0. The minimum absolute atomic E-state index is 0.0565. The van der Waals surface area contributed by atoms with E-state index in [0.29, 0.717) is 12.2 Å². The summed E-state index contributed by atoms with van der Waals surface area (Å²) in [4.78, 5) is 17.3. The zero-order valence-corrected chi connectivity index (χ0v) is 12.7. The van der Waals surface area contributed by atoms with Crippen molar-refractivity contribution in [1.82, 2.24) is 19.9 Å². The molecule has 110 valence electrons. The van der Waals surface area contributed by atoms with Crippen LogP contribution in [0.2, 0.25) is 0 Å². The van der Waals surface area contributed by atoms with Gasteiger partial charge in [0.25, 0.3) is 5.91 Å². The van der Waals surface area contributed by atoms with Crippen LogP contribution in [0.5, 0.6) is 0 Å². The highest BCUT2D eigenvalue weighted by atomic mass is 32.1. The van der Waals surface area contributed by atoms with Crippen molar-refractivity contribution in [2.24, 2.45) is 0 Å². The van der Waals surface area contributed by atoms with Crippen molar-refractivity contribution >= 4 is 17.2 Å². The molecule has 3 heterocycles. The number of aromatic nitrogens is 3. The maximum absolute atomic E-state index is 12.6. The van der Waals surface area contributed by atoms with Crippen molar-refractivity contribution < 1.29 is 4.79 Å². The molecule has 0 saturated carbocycles. The third-order valence-corrected chi connectivity index (χ3v) is 4.82. The van der Waals surface area contributed by atoms with E-state index in [4.69, 9.17) is 0 Å². The van der Waals surface area contributed by atoms with Gasteiger partial charge in [0.2, 0.25) is 0 Å². The second-order valence-electron chi connectivity index (χ2n) is 5.20. The Bertz CT molecular complexity index is 808. The van der Waals surface area contributed by atoms with Gasteiger partial charge in [-0.3, -0.25) is 4.79 Å². The summed E-state index contributed by atoms with van der Waals surface area (Å²) in [6, 6.07) is 11.7. The van der Waals surface area contributed by atoms with E-state index < -0.39 is 0 Å². The van der Waals surface area contributed by atoms with Gasteiger partial charge in [0.05, 0.1) is 11.9 Å². The first kappa shape index (κ1) is 13.2. The molecule has 5 nitrogen and oxygen atoms in total. The molecule has 0 unspecified atom stereocenters. The largest absolute Gasteiger partial charge is 0.332 e. The molecule has 0 aliphatic carbocycles. The van der Waals surface area contributed by atoms with E-state index in [1.165, 1.54) is 15.2 Å². The molecule has 0 saturated heterocycles. The molecule has 1 aliphatic rings. The van der Waals surface area contributed by atoms with E-state index in [1.807, 2.05) is 35.2 Å². The van der Waals surface area contributed by atoms with E-state index in [1.54, 1.807) is 17.5 Å². The van der Waals surface area contributed by atoms with Crippen LogP contribution in [-0.4, -0.2) is 32.3 Å². The first-order valence-corrected chi connectivity index (χ1v) is 8.01. The van der Waals surface area contributed by atoms with Crippen LogP contribution in [0.1, 0.15) is 20.9 Å². The molecule has 2 aromatic heterocycles. The van der Waals surface area contributed by atoms with Gasteiger partial charge in [-0.1, -0.05) is 18.2 Å². The minimum atomic E-state index is -0.0565. The maximum Gasteiger partial charge on any atom is 0.276 e. The Balaban J connectivity index is 1.56. The lowest BCUT2D eigenvalue weighted by Crippen LogP contribution is -2.35. The fourth-order valence-electron chi connectivity index (χ4n) is 2.63. The van der Waals surface area contributed by atoms with Crippen LogP contribution in [0.3, 0.4) is 0 Å². The summed E-state index contributed by atoms with van der Waals surface area (Å²) in [6.07, 6.45) is 2.46. The van der Waals surface area contributed by atoms with E-state index in [9.17, 15) is 4.79 Å². The van der Waals surface area contributed by atoms with Crippen LogP contribution in [0.15, 0.2) is 48.0 Å². The average molecular weight is 310 g/mol. The fraction of sp³-hybridized carbons (Fsp3) is 0.188. The number of rotatable bonds is 2. The van der Waals surface area contributed by atoms with Gasteiger partial charge in [-0.2, -0.15) is 9.90 Å². The molecule has 0 fully saturated rings. The minimum Gasteiger partial charge on any atom is -0.332 e. The van der Waals surface area contributed by atoms with Gasteiger partial charge in [0.15, 0.2) is 5.69 Å². The first-order chi connectivity index (χ1) is 10.8. The molecule has 0 bridgehead atoms. The summed E-state index contributed by atoms with van der Waals surface area (Å²) < 4.78 is 0. The molecular formula is C16H14N4OS. The van der Waals surface area contributed by atoms with Gasteiger partial charge in [-0.25, -0.2) is 0 Å². The van der Waals surface area contributed by atoms with E-state index in [-0.39, 0.29) is 5.91 Å². The van der Waals surface area contributed by atoms with Crippen LogP contribution < -0.4 is 0 Å². The number of fused-ring (bicyclic) bond motifs is 1. The lowest BCUT2D eigenvalue weighted by molar-refractivity contribution is 0.0729. The fourth-order valence-corrected chi connectivity index (χ4v) is 3.52. The normalized spacial score (nSPS) is 13.9. The second kappa shape index (κ2) is 5.38. The number of nitrogens with zero attached hydrogens (tertiary/aromatic N) is 4. The molecule has 4 rings (SSSR count). The lowest BCUT2D eigenvalue weighted by Gasteiger charge is -2.26. The molecular weight excluding hydrogens is 296 g/mol. The number of carbonyl (C=O) groups excluding carboxylic acids is 1. The predicted molar refractivity (Wildman–Crippen MR) is 84.1 cm³/mol. The number of para-hydroxylation sites is 1. The third kappa shape index (κ3) is 2.31. The van der Waals surface area contributed by atoms with Crippen LogP contribution in [0, 0.1) is 0 Å². The Hall–Kier alpha value is -2.47. The van der Waals surface area contributed by atoms with Crippen molar-refractivity contribution in [2.45, 2.75) is 13.0 Å². The van der Waals surface area contributed by atoms with Crippen molar-refractivity contribution in [3.63, 3.8) is 0 Å². The van der Waals surface area contributed by atoms with Gasteiger partial charge in [-0.15, -0.1) is 16.4 Å². The van der Waals surface area contributed by atoms with E-state index in [2.05, 4.69) is 21.6 Å². The Labute approximate surface area is 131 Å². The molecule has 1 aromatic carbocycles. The number of hydrogen-bond acceptors (Lipinski definition) is 4. The first-order valence-electron chi connectivity index (χ1n) is 7.13. The van der Waals surface area contributed by atoms with Gasteiger partial charge < -0.3 is 4.90 Å². The smallest absolute Gasteiger partial charge is 0.276 e. The molecule has 0 atom stereocenters. The number of benzene rings is 1. The number of amides is 1. The number of thiophene rings is 1. The Morgan fingerprint density at radius 3 is 2.91 bits per heavy atom. The van der Waals surface area contributed by atoms with Crippen LogP contribution in [-0.2, 0) is 13.0 Å². The molecule has 3 aromatic rings. The zero-order chi connectivity index (χ0) is 14.9. The SMILES string of the molecule is O=C(c1cnn(-c2ccccc2)n1)N1CCc2sccc2C1. The summed E-state index contributed by atoms with van der Waals surface area (Å²) in [5.41, 5.74) is 2.49. The van der Waals surface area contributed by atoms with Crippen molar-refractivity contribution in [3.8, 4) is 5.69 Å². The quantitative estimate of drug-likeness (QED) is 0.731. The molecule has 6 heteroatoms. The van der Waals surface area contributed by atoms with Crippen LogP contribution in [0.25, 0.3) is 5.69 Å². The van der Waals surface area contributed by atoms with Gasteiger partial charge in [0.1, 0.15) is 0 Å². The van der Waals surface area contributed by atoms with Crippen LogP contribution >= 0.6 is 11.3 Å². The predicted octanol–water partition coefficient (Wildman–Crippen LogP) is 2.53. The molecule has 0 N–H and O–H groups in total. The highest BCUT2D eigenvalue weighted by Crippen LogP contribution is 2.24. The molecule has 22 heavy (non-hydrogen) atoms. The van der Waals surface area contributed by atoms with Crippen molar-refractivity contribution in [2.75, 3.05) is 6.54 Å². The zero-order valence-electron chi connectivity index (χ0n) is 11.8. The maximum atomic E-state index is 12.6. The Morgan fingerprint density at radius 2 is 2.05 bits per heavy atom. The highest BCUT2D eigenvalue weighted by molar-refractivity contribution is 7.10. The molecule has 1 amide bonds. The molecule has 0 spiro atoms. The van der Waals surface area contributed by atoms with Crippen molar-refractivity contribution in [1.29, 1.82) is 0 Å². The number of hydrogen-bond donors (Lipinski definition) is 0. The van der Waals surface area contributed by atoms with Gasteiger partial charge in [0, 0.05) is 18.0 Å². The Kier molecular flexibility index (Phi) is 3.23. The van der Waals surface area contributed by atoms with Gasteiger partial charge >= 0.3 is 0 Å². The Morgan fingerprint density at radius 1 is 1.18 bits per heavy atom. The monoisotopic (exact) mass is 310 g/mol. The second-order valence-corrected chi connectivity index (χ2v) is 6.20. The average Bonchev–Trinajstić information content (AvgIpc) is 3.23. The summed E-state index contributed by atoms with van der Waals surface area (Å²) in [6.45, 7) is 1.40. The van der Waals surface area contributed by atoms with E-state index >= 15 is 0 Å². The summed E-state index contributed by atoms with van der Waals surface area (Å²) >= 11 is 1.77. The van der Waals surface area contributed by atoms with E-state index in [0.717, 1.165) is 18.7 Å². The van der Waals surface area contributed by atoms with Crippen molar-refractivity contribution in [3.05, 3.63) is 64.1 Å². The molecule has 0 radical (unpaired) electrons. The van der Waals surface area contributed by atoms with Crippen LogP contribution in [0.4, 0.5) is 0 Å². The third-order valence-electron chi connectivity index (χ3n) is 3.79. The molecule has 1 aliphatic heterocycles. The number of carbonyl (C=O) groups is 1. The highest BCUT2D eigenvalue weighted by Gasteiger charge is 2.24. The lowest BCUT2D eigenvalue weighted by atomic mass is 10.1. The summed E-state index contributed by atoms with van der Waals surface area (Å²) in [5, 5.41) is 10.6. The standard InChI is InChI=1S/C16H14N4OS/c21-16(19-8-6-15-12(11-19)7-9-22-15)14-10-17-20(18-14)13-4-2-1-3-5-13/h1-5,7,9-10H,6,8,11H2. The van der Waals surface area contributed by atoms with Gasteiger partial charge in [-0.05, 0) is 35.6 Å². The summed E-state index contributed by atoms with van der Waals surface area (Å²) in [5.74, 6) is -0.0565. The topological polar surface area (TPSA) is 51.0 Å².